The third-order valence-corrected chi connectivity index (χ3v) is 6.55. The van der Waals surface area contributed by atoms with Crippen LogP contribution >= 0.6 is 12.4 Å². The number of carbonyl (C=O) groups is 2. The first kappa shape index (κ1) is 30.0. The fraction of sp³-hybridized carbons (Fsp3) is 0.464. The number of ether oxygens (including phenoxy) is 1. The lowest BCUT2D eigenvalue weighted by atomic mass is 9.95. The number of hydrogen-bond acceptors (Lipinski definition) is 5. The number of nitrogen functional groups attached to an aromatic ring is 1. The molecule has 202 valence electrons. The molecule has 0 bridgehead atoms. The number of nitrogens with one attached hydrogen (secondary N) is 2. The Morgan fingerprint density at radius 1 is 1.11 bits per heavy atom. The van der Waals surface area contributed by atoms with Gasteiger partial charge in [-0.3, -0.25) is 10.2 Å². The second kappa shape index (κ2) is 14.5. The minimum Gasteiger partial charge on any atom is -0.483 e. The highest BCUT2D eigenvalue weighted by Gasteiger charge is 2.27. The monoisotopic (exact) mass is 530 g/mol. The molecule has 1 aliphatic rings. The predicted molar refractivity (Wildman–Crippen MR) is 149 cm³/mol. The molecule has 0 aromatic heterocycles. The number of aliphatic carboxylic acids is 1. The van der Waals surface area contributed by atoms with Crippen molar-refractivity contribution < 1.29 is 19.4 Å². The number of anilines is 1. The van der Waals surface area contributed by atoms with E-state index in [0.717, 1.165) is 62.7 Å². The molecule has 37 heavy (non-hydrogen) atoms. The Bertz CT molecular complexity index is 1070. The van der Waals surface area contributed by atoms with Gasteiger partial charge in [0.05, 0.1) is 0 Å². The van der Waals surface area contributed by atoms with E-state index in [1.54, 1.807) is 24.3 Å². The summed E-state index contributed by atoms with van der Waals surface area (Å²) in [6, 6.07) is 9.58. The number of nitrogens with two attached hydrogens (primary N) is 1. The number of hydrogen-bond donors (Lipinski definition) is 4. The third kappa shape index (κ3) is 8.12. The Hall–Kier alpha value is -3.26. The van der Waals surface area contributed by atoms with Gasteiger partial charge in [0.25, 0.3) is 5.91 Å². The lowest BCUT2D eigenvalue weighted by Crippen LogP contribution is -2.36. The van der Waals surface area contributed by atoms with E-state index in [1.807, 2.05) is 17.9 Å². The molecular formula is C28H39ClN4O4. The van der Waals surface area contributed by atoms with Crippen molar-refractivity contribution in [3.8, 4) is 5.75 Å². The number of rotatable bonds is 11. The fourth-order valence-corrected chi connectivity index (χ4v) is 4.56. The van der Waals surface area contributed by atoms with Gasteiger partial charge >= 0.3 is 5.97 Å². The van der Waals surface area contributed by atoms with E-state index in [9.17, 15) is 14.7 Å². The summed E-state index contributed by atoms with van der Waals surface area (Å²) in [6.45, 7) is 5.45. The van der Waals surface area contributed by atoms with Crippen LogP contribution in [0.15, 0.2) is 36.4 Å². The number of halogens is 1. The van der Waals surface area contributed by atoms with E-state index in [-0.39, 0.29) is 30.8 Å². The van der Waals surface area contributed by atoms with Crippen LogP contribution in [0, 0.1) is 5.41 Å². The van der Waals surface area contributed by atoms with E-state index in [1.165, 1.54) is 0 Å². The van der Waals surface area contributed by atoms with Gasteiger partial charge in [-0.1, -0.05) is 39.2 Å². The molecule has 1 saturated heterocycles. The van der Waals surface area contributed by atoms with E-state index in [2.05, 4.69) is 18.3 Å². The summed E-state index contributed by atoms with van der Waals surface area (Å²) in [7, 11) is 0. The first-order valence-electron chi connectivity index (χ1n) is 12.8. The first-order valence-corrected chi connectivity index (χ1v) is 12.8. The molecule has 2 aromatic carbocycles. The van der Waals surface area contributed by atoms with Crippen LogP contribution in [0.1, 0.15) is 74.2 Å². The Labute approximate surface area is 225 Å². The molecule has 8 nitrogen and oxygen atoms in total. The van der Waals surface area contributed by atoms with Gasteiger partial charge in [-0.2, -0.15) is 0 Å². The zero-order valence-corrected chi connectivity index (χ0v) is 22.5. The molecule has 0 spiro atoms. The fourth-order valence-electron chi connectivity index (χ4n) is 4.56. The Morgan fingerprint density at radius 2 is 1.76 bits per heavy atom. The maximum Gasteiger partial charge on any atom is 0.330 e. The number of amidine groups is 1. The smallest absolute Gasteiger partial charge is 0.330 e. The summed E-state index contributed by atoms with van der Waals surface area (Å²) < 4.78 is 6.16. The van der Waals surface area contributed by atoms with Crippen LogP contribution < -0.4 is 15.8 Å². The highest BCUT2D eigenvalue weighted by Crippen LogP contribution is 2.34. The first-order chi connectivity index (χ1) is 17.3. The van der Waals surface area contributed by atoms with Gasteiger partial charge in [0.15, 0.2) is 12.6 Å². The summed E-state index contributed by atoms with van der Waals surface area (Å²) in [6.07, 6.45) is 6.58. The van der Waals surface area contributed by atoms with Gasteiger partial charge in [-0.25, -0.2) is 4.79 Å². The van der Waals surface area contributed by atoms with Crippen LogP contribution in [-0.4, -0.2) is 47.4 Å². The van der Waals surface area contributed by atoms with Crippen LogP contribution in [0.2, 0.25) is 0 Å². The predicted octanol–water partition coefficient (Wildman–Crippen LogP) is 4.93. The molecule has 0 saturated carbocycles. The van der Waals surface area contributed by atoms with Crippen molar-refractivity contribution in [3.05, 3.63) is 58.7 Å². The molecule has 0 radical (unpaired) electrons. The average Bonchev–Trinajstić information content (AvgIpc) is 3.16. The van der Waals surface area contributed by atoms with Crippen LogP contribution in [0.25, 0.3) is 0 Å². The number of aryl methyl sites for hydroxylation is 2. The Balaban J connectivity index is 0.00000481. The minimum atomic E-state index is -1.08. The number of amides is 1. The number of likely N-dealkylation sites (tertiary alicyclic amines) is 1. The number of benzene rings is 2. The number of nitrogens with zero attached hydrogens (tertiary/aromatic N) is 1. The number of carboxylic acid groups (broad SMARTS) is 1. The van der Waals surface area contributed by atoms with Crippen molar-refractivity contribution in [2.45, 2.75) is 64.8 Å². The summed E-state index contributed by atoms with van der Waals surface area (Å²) in [4.78, 5) is 27.3. The molecule has 9 heteroatoms. The third-order valence-electron chi connectivity index (χ3n) is 6.55. The quantitative estimate of drug-likeness (QED) is 0.241. The van der Waals surface area contributed by atoms with E-state index < -0.39 is 12.0 Å². The van der Waals surface area contributed by atoms with Gasteiger partial charge in [-0.05, 0) is 67.1 Å². The van der Waals surface area contributed by atoms with Gasteiger partial charge < -0.3 is 25.8 Å². The molecule has 3 rings (SSSR count). The lowest BCUT2D eigenvalue weighted by molar-refractivity contribution is -0.138. The van der Waals surface area contributed by atoms with E-state index in [0.29, 0.717) is 29.0 Å². The molecule has 1 aliphatic heterocycles. The standard InChI is InChI=1S/C28H38N4O4.ClH/c1-3-9-21-16-19(4-2)17-23(26(21)36-18-24(33)32-14-7-5-6-8-15-32)25(28(34)35)31-22-12-10-20(11-13-22)27(29)30;/h10-13,16-17,25,31H,3-9,14-15,18H2,1-2H3,(H3,29,30)(H,34,35);1H. The second-order valence-electron chi connectivity index (χ2n) is 9.27. The van der Waals surface area contributed by atoms with Crippen LogP contribution in [0.3, 0.4) is 0 Å². The molecule has 2 aromatic rings. The Morgan fingerprint density at radius 3 is 2.30 bits per heavy atom. The van der Waals surface area contributed by atoms with Crippen molar-refractivity contribution in [2.24, 2.45) is 5.73 Å². The average molecular weight is 531 g/mol. The van der Waals surface area contributed by atoms with E-state index >= 15 is 0 Å². The Kier molecular flexibility index (Phi) is 11.7. The second-order valence-corrected chi connectivity index (χ2v) is 9.27. The minimum absolute atomic E-state index is 0. The molecule has 1 heterocycles. The van der Waals surface area contributed by atoms with Gasteiger partial charge in [0.2, 0.25) is 0 Å². The van der Waals surface area contributed by atoms with Crippen LogP contribution in [0.4, 0.5) is 5.69 Å². The molecule has 1 atom stereocenters. The zero-order valence-electron chi connectivity index (χ0n) is 21.7. The summed E-state index contributed by atoms with van der Waals surface area (Å²) in [5, 5.41) is 20.9. The van der Waals surface area contributed by atoms with Gasteiger partial charge in [-0.15, -0.1) is 12.4 Å². The SMILES string of the molecule is CCCc1cc(CC)cc(C(Nc2ccc(C(=N)N)cc2)C(=O)O)c1OCC(=O)N1CCCCCC1.Cl. The van der Waals surface area contributed by atoms with Crippen molar-refractivity contribution >= 4 is 35.8 Å². The van der Waals surface area contributed by atoms with Gasteiger partial charge in [0, 0.05) is 29.9 Å². The van der Waals surface area contributed by atoms with Crippen molar-refractivity contribution in [3.63, 3.8) is 0 Å². The lowest BCUT2D eigenvalue weighted by Gasteiger charge is -2.25. The van der Waals surface area contributed by atoms with E-state index in [4.69, 9.17) is 15.9 Å². The number of carbonyl (C=O) groups excluding carboxylic acids is 1. The zero-order chi connectivity index (χ0) is 26.1. The molecule has 1 amide bonds. The largest absolute Gasteiger partial charge is 0.483 e. The molecular weight excluding hydrogens is 492 g/mol. The molecule has 1 unspecified atom stereocenters. The summed E-state index contributed by atoms with van der Waals surface area (Å²) in [5.74, 6) is -0.701. The van der Waals surface area contributed by atoms with Gasteiger partial charge in [0.1, 0.15) is 11.6 Å². The van der Waals surface area contributed by atoms with Crippen molar-refractivity contribution in [1.82, 2.24) is 4.90 Å². The topological polar surface area (TPSA) is 129 Å². The van der Waals surface area contributed by atoms with Crippen molar-refractivity contribution in [2.75, 3.05) is 25.0 Å². The maximum absolute atomic E-state index is 13.0. The summed E-state index contributed by atoms with van der Waals surface area (Å²) in [5.41, 5.74) is 9.11. The molecule has 0 aliphatic carbocycles. The molecule has 1 fully saturated rings. The highest BCUT2D eigenvalue weighted by atomic mass is 35.5. The maximum atomic E-state index is 13.0. The number of carboxylic acids is 1. The highest BCUT2D eigenvalue weighted by molar-refractivity contribution is 5.95. The normalized spacial score (nSPS) is 14.2. The van der Waals surface area contributed by atoms with Crippen molar-refractivity contribution in [1.29, 1.82) is 5.41 Å². The molecule has 5 N–H and O–H groups in total. The van der Waals surface area contributed by atoms with Crippen LogP contribution in [0.5, 0.6) is 5.75 Å². The van der Waals surface area contributed by atoms with Crippen LogP contribution in [-0.2, 0) is 22.4 Å². The summed E-state index contributed by atoms with van der Waals surface area (Å²) >= 11 is 0.